The third kappa shape index (κ3) is 3.65. The molecule has 1 spiro atoms. The number of hydrogen-bond donors (Lipinski definition) is 1. The second-order valence-electron chi connectivity index (χ2n) is 5.74. The molecule has 1 aliphatic heterocycles. The molecular weight excluding hydrogens is 334 g/mol. The third-order valence-electron chi connectivity index (χ3n) is 4.11. The Hall–Kier alpha value is -0.910. The van der Waals surface area contributed by atoms with Crippen molar-refractivity contribution in [1.29, 1.82) is 0 Å². The summed E-state index contributed by atoms with van der Waals surface area (Å²) < 4.78 is 12.8. The van der Waals surface area contributed by atoms with E-state index < -0.39 is 0 Å². The average molecular weight is 354 g/mol. The predicted octanol–water partition coefficient (Wildman–Crippen LogP) is 3.25. The van der Waals surface area contributed by atoms with E-state index in [-0.39, 0.29) is 17.8 Å². The Morgan fingerprint density at radius 3 is 2.90 bits per heavy atom. The van der Waals surface area contributed by atoms with E-state index in [9.17, 15) is 4.79 Å². The molecule has 1 atom stereocenters. The summed E-state index contributed by atoms with van der Waals surface area (Å²) in [5, 5.41) is 2.93. The van der Waals surface area contributed by atoms with E-state index in [0.29, 0.717) is 18.7 Å². The number of halogens is 1. The Labute approximate surface area is 133 Å². The minimum Gasteiger partial charge on any atom is -0.349 e. The zero-order chi connectivity index (χ0) is 14.7. The Kier molecular flexibility index (Phi) is 4.62. The van der Waals surface area contributed by atoms with Gasteiger partial charge in [0.15, 0.2) is 5.79 Å². The molecule has 0 bridgehead atoms. The highest BCUT2D eigenvalue weighted by Gasteiger charge is 2.42. The van der Waals surface area contributed by atoms with Crippen LogP contribution in [0.25, 0.3) is 0 Å². The van der Waals surface area contributed by atoms with Crippen LogP contribution in [0.4, 0.5) is 0 Å². The molecule has 4 nitrogen and oxygen atoms in total. The molecule has 114 valence electrons. The van der Waals surface area contributed by atoms with E-state index in [1.807, 2.05) is 18.2 Å². The summed E-state index contributed by atoms with van der Waals surface area (Å²) >= 11 is 3.37. The first-order valence-corrected chi connectivity index (χ1v) is 8.32. The minimum atomic E-state index is -0.372. The highest BCUT2D eigenvalue weighted by atomic mass is 79.9. The molecule has 1 aliphatic carbocycles. The number of nitrogens with one attached hydrogen (secondary N) is 1. The van der Waals surface area contributed by atoms with E-state index in [0.717, 1.165) is 30.2 Å². The van der Waals surface area contributed by atoms with Gasteiger partial charge in [0.1, 0.15) is 6.10 Å². The lowest BCUT2D eigenvalue weighted by Gasteiger charge is -2.31. The second-order valence-corrected chi connectivity index (χ2v) is 6.66. The smallest absolute Gasteiger partial charge is 0.251 e. The summed E-state index contributed by atoms with van der Waals surface area (Å²) in [7, 11) is 0. The molecule has 3 rings (SSSR count). The van der Waals surface area contributed by atoms with E-state index in [1.165, 1.54) is 6.42 Å². The molecule has 21 heavy (non-hydrogen) atoms. The van der Waals surface area contributed by atoms with Crippen molar-refractivity contribution in [1.82, 2.24) is 5.32 Å². The average Bonchev–Trinajstić information content (AvgIpc) is 2.88. The van der Waals surface area contributed by atoms with Gasteiger partial charge in [-0.2, -0.15) is 0 Å². The number of amides is 1. The van der Waals surface area contributed by atoms with E-state index in [2.05, 4.69) is 21.2 Å². The monoisotopic (exact) mass is 353 g/mol. The second kappa shape index (κ2) is 6.46. The molecule has 5 heteroatoms. The van der Waals surface area contributed by atoms with Crippen LogP contribution in [0.2, 0.25) is 0 Å². The van der Waals surface area contributed by atoms with Crippen molar-refractivity contribution in [3.05, 3.63) is 34.3 Å². The van der Waals surface area contributed by atoms with Crippen LogP contribution in [0.5, 0.6) is 0 Å². The maximum absolute atomic E-state index is 12.1. The van der Waals surface area contributed by atoms with Crippen molar-refractivity contribution < 1.29 is 14.3 Å². The lowest BCUT2D eigenvalue weighted by Crippen LogP contribution is -2.37. The zero-order valence-electron chi connectivity index (χ0n) is 11.9. The van der Waals surface area contributed by atoms with Crippen molar-refractivity contribution in [2.24, 2.45) is 0 Å². The Bertz CT molecular complexity index is 514. The maximum atomic E-state index is 12.1. The van der Waals surface area contributed by atoms with Crippen LogP contribution in [0.3, 0.4) is 0 Å². The first-order valence-electron chi connectivity index (χ1n) is 7.52. The standard InChI is InChI=1S/C16H20BrNO3/c17-13-6-4-5-12(9-13)15(19)18-10-14-11-20-16(21-14)7-2-1-3-8-16/h4-6,9,14H,1-3,7-8,10-11H2,(H,18,19)/t14-/m1/s1. The molecule has 1 heterocycles. The number of carbonyl (C=O) groups is 1. The van der Waals surface area contributed by atoms with Gasteiger partial charge >= 0.3 is 0 Å². The van der Waals surface area contributed by atoms with Gasteiger partial charge in [0, 0.05) is 29.4 Å². The molecule has 1 amide bonds. The van der Waals surface area contributed by atoms with E-state index in [4.69, 9.17) is 9.47 Å². The fraction of sp³-hybridized carbons (Fsp3) is 0.562. The van der Waals surface area contributed by atoms with Crippen molar-refractivity contribution in [3.63, 3.8) is 0 Å². The zero-order valence-corrected chi connectivity index (χ0v) is 13.5. The fourth-order valence-electron chi connectivity index (χ4n) is 3.01. The molecular formula is C16H20BrNO3. The topological polar surface area (TPSA) is 47.6 Å². The molecule has 0 aromatic heterocycles. The summed E-state index contributed by atoms with van der Waals surface area (Å²) in [6.45, 7) is 1.06. The normalized spacial score (nSPS) is 24.1. The maximum Gasteiger partial charge on any atom is 0.251 e. The Morgan fingerprint density at radius 2 is 2.14 bits per heavy atom. The Balaban J connectivity index is 1.51. The highest BCUT2D eigenvalue weighted by molar-refractivity contribution is 9.10. The SMILES string of the molecule is O=C(NC[C@@H]1COC2(CCCCC2)O1)c1cccc(Br)c1. The van der Waals surface area contributed by atoms with Gasteiger partial charge in [0.2, 0.25) is 0 Å². The van der Waals surface area contributed by atoms with Gasteiger partial charge in [0.25, 0.3) is 5.91 Å². The minimum absolute atomic E-state index is 0.0424. The summed E-state index contributed by atoms with van der Waals surface area (Å²) in [5.74, 6) is -0.451. The van der Waals surface area contributed by atoms with Crippen molar-refractivity contribution in [3.8, 4) is 0 Å². The molecule has 2 fully saturated rings. The third-order valence-corrected chi connectivity index (χ3v) is 4.60. The number of hydrogen-bond acceptors (Lipinski definition) is 3. The molecule has 1 saturated carbocycles. The molecule has 1 N–H and O–H groups in total. The quantitative estimate of drug-likeness (QED) is 0.907. The van der Waals surface area contributed by atoms with Gasteiger partial charge in [-0.3, -0.25) is 4.79 Å². The van der Waals surface area contributed by atoms with Crippen molar-refractivity contribution >= 4 is 21.8 Å². The van der Waals surface area contributed by atoms with E-state index in [1.54, 1.807) is 6.07 Å². The summed E-state index contributed by atoms with van der Waals surface area (Å²) in [5.41, 5.74) is 0.649. The summed E-state index contributed by atoms with van der Waals surface area (Å²) in [4.78, 5) is 12.1. The lowest BCUT2D eigenvalue weighted by atomic mass is 9.94. The van der Waals surface area contributed by atoms with Crippen molar-refractivity contribution in [2.45, 2.75) is 44.0 Å². The van der Waals surface area contributed by atoms with Crippen LogP contribution in [-0.4, -0.2) is 30.9 Å². The molecule has 0 unspecified atom stereocenters. The van der Waals surface area contributed by atoms with Crippen molar-refractivity contribution in [2.75, 3.05) is 13.2 Å². The van der Waals surface area contributed by atoms with Gasteiger partial charge in [-0.1, -0.05) is 28.4 Å². The molecule has 1 aromatic rings. The molecule has 0 radical (unpaired) electrons. The Morgan fingerprint density at radius 1 is 1.33 bits per heavy atom. The van der Waals surface area contributed by atoms with Crippen LogP contribution in [0.15, 0.2) is 28.7 Å². The molecule has 1 saturated heterocycles. The highest BCUT2D eigenvalue weighted by Crippen LogP contribution is 2.37. The van der Waals surface area contributed by atoms with Gasteiger partial charge < -0.3 is 14.8 Å². The number of carbonyl (C=O) groups excluding carboxylic acids is 1. The number of ether oxygens (including phenoxy) is 2. The largest absolute Gasteiger partial charge is 0.349 e. The van der Waals surface area contributed by atoms with Crippen LogP contribution >= 0.6 is 15.9 Å². The number of benzene rings is 1. The van der Waals surface area contributed by atoms with Crippen LogP contribution in [-0.2, 0) is 9.47 Å². The lowest BCUT2D eigenvalue weighted by molar-refractivity contribution is -0.186. The number of rotatable bonds is 3. The van der Waals surface area contributed by atoms with Crippen LogP contribution in [0.1, 0.15) is 42.5 Å². The molecule has 1 aromatic carbocycles. The van der Waals surface area contributed by atoms with Crippen LogP contribution < -0.4 is 5.32 Å². The molecule has 2 aliphatic rings. The first kappa shape index (κ1) is 15.0. The van der Waals surface area contributed by atoms with Gasteiger partial charge in [-0.15, -0.1) is 0 Å². The summed E-state index contributed by atoms with van der Waals surface area (Å²) in [6.07, 6.45) is 5.50. The first-order chi connectivity index (χ1) is 10.2. The van der Waals surface area contributed by atoms with Gasteiger partial charge in [-0.25, -0.2) is 0 Å². The van der Waals surface area contributed by atoms with Gasteiger partial charge in [-0.05, 0) is 31.0 Å². The summed E-state index contributed by atoms with van der Waals surface area (Å²) in [6, 6.07) is 7.36. The van der Waals surface area contributed by atoms with Crippen LogP contribution in [0, 0.1) is 0 Å². The van der Waals surface area contributed by atoms with Gasteiger partial charge in [0.05, 0.1) is 6.61 Å². The fourth-order valence-corrected chi connectivity index (χ4v) is 3.41. The predicted molar refractivity (Wildman–Crippen MR) is 83.1 cm³/mol. The van der Waals surface area contributed by atoms with E-state index >= 15 is 0 Å².